The fourth-order valence-electron chi connectivity index (χ4n) is 3.10. The summed E-state index contributed by atoms with van der Waals surface area (Å²) in [5, 5.41) is 1.30. The summed E-state index contributed by atoms with van der Waals surface area (Å²) >= 11 is 0. The Kier molecular flexibility index (Phi) is 2.67. The zero-order valence-corrected chi connectivity index (χ0v) is 10.3. The van der Waals surface area contributed by atoms with Crippen LogP contribution in [-0.2, 0) is 0 Å². The number of rotatable bonds is 1. The number of hydrogen-bond acceptors (Lipinski definition) is 2. The zero-order valence-electron chi connectivity index (χ0n) is 10.3. The van der Waals surface area contributed by atoms with E-state index in [1.165, 1.54) is 23.8 Å². The van der Waals surface area contributed by atoms with Gasteiger partial charge >= 0.3 is 0 Å². The van der Waals surface area contributed by atoms with Gasteiger partial charge in [-0.1, -0.05) is 18.2 Å². The van der Waals surface area contributed by atoms with E-state index >= 15 is 0 Å². The number of furan rings is 1. The Morgan fingerprint density at radius 2 is 1.82 bits per heavy atom. The lowest BCUT2D eigenvalue weighted by molar-refractivity contribution is 0.392. The third-order valence-corrected chi connectivity index (χ3v) is 4.00. The zero-order chi connectivity index (χ0) is 11.8. The first-order valence-electron chi connectivity index (χ1n) is 6.49. The van der Waals surface area contributed by atoms with Gasteiger partial charge in [-0.15, -0.1) is 0 Å². The van der Waals surface area contributed by atoms with Crippen molar-refractivity contribution in [3.8, 4) is 0 Å². The lowest BCUT2D eigenvalue weighted by Crippen LogP contribution is -2.25. The Labute approximate surface area is 102 Å². The second-order valence-corrected chi connectivity index (χ2v) is 5.18. The Hall–Kier alpha value is -1.28. The number of benzene rings is 1. The van der Waals surface area contributed by atoms with Crippen LogP contribution in [0.2, 0.25) is 0 Å². The third kappa shape index (κ3) is 1.87. The molecule has 3 rings (SSSR count). The molecule has 2 heteroatoms. The summed E-state index contributed by atoms with van der Waals surface area (Å²) in [7, 11) is 0. The van der Waals surface area contributed by atoms with Crippen LogP contribution in [0.5, 0.6) is 0 Å². The molecule has 1 saturated carbocycles. The number of aryl methyl sites for hydroxylation is 1. The van der Waals surface area contributed by atoms with Gasteiger partial charge in [-0.2, -0.15) is 0 Å². The second-order valence-electron chi connectivity index (χ2n) is 5.18. The molecule has 0 spiro atoms. The van der Waals surface area contributed by atoms with E-state index in [4.69, 9.17) is 10.2 Å². The smallest absolute Gasteiger partial charge is 0.134 e. The van der Waals surface area contributed by atoms with Crippen LogP contribution in [0.3, 0.4) is 0 Å². The highest BCUT2D eigenvalue weighted by Crippen LogP contribution is 2.39. The molecule has 0 aliphatic heterocycles. The molecule has 2 aromatic rings. The molecule has 0 unspecified atom stereocenters. The summed E-state index contributed by atoms with van der Waals surface area (Å²) in [5.41, 5.74) is 8.42. The quantitative estimate of drug-likeness (QED) is 0.809. The topological polar surface area (TPSA) is 39.2 Å². The van der Waals surface area contributed by atoms with E-state index in [1.54, 1.807) is 0 Å². The van der Waals surface area contributed by atoms with Crippen molar-refractivity contribution >= 4 is 11.0 Å². The lowest BCUT2D eigenvalue weighted by atomic mass is 9.81. The van der Waals surface area contributed by atoms with E-state index in [2.05, 4.69) is 25.1 Å². The Morgan fingerprint density at radius 3 is 2.59 bits per heavy atom. The molecular weight excluding hydrogens is 210 g/mol. The SMILES string of the molecule is Cc1oc2ccccc2c1C1CCC(N)CC1. The van der Waals surface area contributed by atoms with E-state index in [0.29, 0.717) is 12.0 Å². The van der Waals surface area contributed by atoms with Crippen molar-refractivity contribution in [3.63, 3.8) is 0 Å². The molecule has 1 aliphatic rings. The number of para-hydroxylation sites is 1. The van der Waals surface area contributed by atoms with Crippen molar-refractivity contribution in [2.24, 2.45) is 5.73 Å². The molecule has 0 amide bonds. The molecule has 0 radical (unpaired) electrons. The molecule has 1 fully saturated rings. The summed E-state index contributed by atoms with van der Waals surface area (Å²) in [4.78, 5) is 0. The maximum atomic E-state index is 5.98. The first-order valence-corrected chi connectivity index (χ1v) is 6.49. The monoisotopic (exact) mass is 229 g/mol. The van der Waals surface area contributed by atoms with Gasteiger partial charge in [0, 0.05) is 17.0 Å². The fraction of sp³-hybridized carbons (Fsp3) is 0.467. The van der Waals surface area contributed by atoms with Crippen LogP contribution in [0.1, 0.15) is 42.9 Å². The molecule has 17 heavy (non-hydrogen) atoms. The molecule has 0 bridgehead atoms. The molecular formula is C15H19NO. The van der Waals surface area contributed by atoms with Crippen molar-refractivity contribution < 1.29 is 4.42 Å². The normalized spacial score (nSPS) is 25.3. The largest absolute Gasteiger partial charge is 0.461 e. The highest BCUT2D eigenvalue weighted by atomic mass is 16.3. The second kappa shape index (κ2) is 4.19. The Balaban J connectivity index is 2.02. The minimum absolute atomic E-state index is 0.407. The van der Waals surface area contributed by atoms with Gasteiger partial charge in [-0.3, -0.25) is 0 Å². The van der Waals surface area contributed by atoms with E-state index in [1.807, 2.05) is 6.07 Å². The van der Waals surface area contributed by atoms with E-state index in [9.17, 15) is 0 Å². The summed E-state index contributed by atoms with van der Waals surface area (Å²) in [5.74, 6) is 1.73. The predicted octanol–water partition coefficient (Wildman–Crippen LogP) is 3.73. The van der Waals surface area contributed by atoms with Gasteiger partial charge in [-0.25, -0.2) is 0 Å². The van der Waals surface area contributed by atoms with Crippen LogP contribution >= 0.6 is 0 Å². The van der Waals surface area contributed by atoms with Crippen LogP contribution in [-0.4, -0.2) is 6.04 Å². The van der Waals surface area contributed by atoms with E-state index in [-0.39, 0.29) is 0 Å². The van der Waals surface area contributed by atoms with Crippen molar-refractivity contribution in [2.45, 2.75) is 44.6 Å². The maximum absolute atomic E-state index is 5.98. The van der Waals surface area contributed by atoms with Gasteiger partial charge < -0.3 is 10.2 Å². The summed E-state index contributed by atoms with van der Waals surface area (Å²) in [6.45, 7) is 2.09. The summed E-state index contributed by atoms with van der Waals surface area (Å²) < 4.78 is 5.85. The van der Waals surface area contributed by atoms with Crippen LogP contribution in [0, 0.1) is 6.92 Å². The highest BCUT2D eigenvalue weighted by molar-refractivity contribution is 5.82. The van der Waals surface area contributed by atoms with Gasteiger partial charge in [0.1, 0.15) is 11.3 Å². The molecule has 1 aromatic carbocycles. The minimum atomic E-state index is 0.407. The van der Waals surface area contributed by atoms with Crippen LogP contribution in [0.25, 0.3) is 11.0 Å². The van der Waals surface area contributed by atoms with Gasteiger partial charge in [0.05, 0.1) is 0 Å². The highest BCUT2D eigenvalue weighted by Gasteiger charge is 2.24. The minimum Gasteiger partial charge on any atom is -0.461 e. The van der Waals surface area contributed by atoms with Crippen LogP contribution < -0.4 is 5.73 Å². The van der Waals surface area contributed by atoms with Crippen LogP contribution in [0.15, 0.2) is 28.7 Å². The van der Waals surface area contributed by atoms with Crippen LogP contribution in [0.4, 0.5) is 0 Å². The maximum Gasteiger partial charge on any atom is 0.134 e. The van der Waals surface area contributed by atoms with Crippen molar-refractivity contribution in [1.82, 2.24) is 0 Å². The first kappa shape index (κ1) is 10.8. The molecule has 0 atom stereocenters. The Morgan fingerprint density at radius 1 is 1.12 bits per heavy atom. The predicted molar refractivity (Wildman–Crippen MR) is 70.1 cm³/mol. The summed E-state index contributed by atoms with van der Waals surface area (Å²) in [6, 6.07) is 8.77. The van der Waals surface area contributed by atoms with Crippen molar-refractivity contribution in [1.29, 1.82) is 0 Å². The fourth-order valence-corrected chi connectivity index (χ4v) is 3.10. The molecule has 0 saturated heterocycles. The Bertz CT molecular complexity index is 521. The first-order chi connectivity index (χ1) is 8.25. The van der Waals surface area contributed by atoms with Crippen molar-refractivity contribution in [3.05, 3.63) is 35.6 Å². The lowest BCUT2D eigenvalue weighted by Gasteiger charge is -2.26. The van der Waals surface area contributed by atoms with E-state index < -0.39 is 0 Å². The molecule has 1 heterocycles. The molecule has 90 valence electrons. The third-order valence-electron chi connectivity index (χ3n) is 4.00. The molecule has 1 aliphatic carbocycles. The van der Waals surface area contributed by atoms with Gasteiger partial charge in [0.15, 0.2) is 0 Å². The standard InChI is InChI=1S/C15H19NO/c1-10-15(11-6-8-12(16)9-7-11)13-4-2-3-5-14(13)17-10/h2-5,11-12H,6-9,16H2,1H3. The summed E-state index contributed by atoms with van der Waals surface area (Å²) in [6.07, 6.45) is 4.68. The average molecular weight is 229 g/mol. The average Bonchev–Trinajstić information content (AvgIpc) is 2.66. The molecule has 1 aromatic heterocycles. The number of fused-ring (bicyclic) bond motifs is 1. The molecule has 2 N–H and O–H groups in total. The van der Waals surface area contributed by atoms with Crippen molar-refractivity contribution in [2.75, 3.05) is 0 Å². The van der Waals surface area contributed by atoms with Gasteiger partial charge in [-0.05, 0) is 44.6 Å². The molecule has 2 nitrogen and oxygen atoms in total. The number of nitrogens with two attached hydrogens (primary N) is 1. The number of hydrogen-bond donors (Lipinski definition) is 1. The van der Waals surface area contributed by atoms with Gasteiger partial charge in [0.25, 0.3) is 0 Å². The van der Waals surface area contributed by atoms with E-state index in [0.717, 1.165) is 24.2 Å². The van der Waals surface area contributed by atoms with Gasteiger partial charge in [0.2, 0.25) is 0 Å².